The van der Waals surface area contributed by atoms with Gasteiger partial charge in [0.05, 0.1) is 11.1 Å². The summed E-state index contributed by atoms with van der Waals surface area (Å²) >= 11 is 0. The Morgan fingerprint density at radius 3 is 2.53 bits per heavy atom. The van der Waals surface area contributed by atoms with Crippen molar-refractivity contribution in [3.63, 3.8) is 0 Å². The van der Waals surface area contributed by atoms with E-state index in [-0.39, 0.29) is 5.52 Å². The topological polar surface area (TPSA) is 93.5 Å². The Bertz CT molecular complexity index is 642. The number of aliphatic hydroxyl groups is 3. The van der Waals surface area contributed by atoms with Gasteiger partial charge >= 0.3 is 5.97 Å². The molecular weight excluding hydrogens is 229 g/mol. The van der Waals surface area contributed by atoms with Gasteiger partial charge in [-0.1, -0.05) is 6.07 Å². The third kappa shape index (κ3) is 1.93. The molecule has 0 aliphatic heterocycles. The minimum absolute atomic E-state index is 0.181. The van der Waals surface area contributed by atoms with Crippen molar-refractivity contribution in [1.29, 1.82) is 0 Å². The van der Waals surface area contributed by atoms with Gasteiger partial charge in [0.25, 0.3) is 5.56 Å². The van der Waals surface area contributed by atoms with Crippen LogP contribution in [-0.2, 0) is 5.97 Å². The molecule has 0 atom stereocenters. The Hall–Kier alpha value is -1.76. The fourth-order valence-corrected chi connectivity index (χ4v) is 1.61. The lowest BCUT2D eigenvalue weighted by molar-refractivity contribution is -0.325. The second-order valence-corrected chi connectivity index (χ2v) is 3.81. The molecule has 1 aromatic carbocycles. The lowest BCUT2D eigenvalue weighted by Crippen LogP contribution is -2.25. The lowest BCUT2D eigenvalue weighted by Gasteiger charge is -2.16. The Morgan fingerprint density at radius 2 is 1.94 bits per heavy atom. The average Bonchev–Trinajstić information content (AvgIpc) is 2.19. The summed E-state index contributed by atoms with van der Waals surface area (Å²) in [5.74, 6) is -4.35. The van der Waals surface area contributed by atoms with Gasteiger partial charge in [0.2, 0.25) is 0 Å². The van der Waals surface area contributed by atoms with E-state index < -0.39 is 22.9 Å². The molecule has 0 aliphatic carbocycles. The Balaban J connectivity index is 2.85. The van der Waals surface area contributed by atoms with Crippen molar-refractivity contribution in [2.45, 2.75) is 12.9 Å². The molecule has 1 heterocycles. The molecule has 5 nitrogen and oxygen atoms in total. The van der Waals surface area contributed by atoms with Crippen molar-refractivity contribution in [3.05, 3.63) is 45.5 Å². The second kappa shape index (κ2) is 3.63. The molecule has 2 rings (SSSR count). The zero-order chi connectivity index (χ0) is 12.8. The molecule has 2 aromatic rings. The monoisotopic (exact) mass is 239 g/mol. The number of aryl methyl sites for hydroxylation is 1. The predicted molar refractivity (Wildman–Crippen MR) is 57.6 cm³/mol. The molecule has 0 amide bonds. The highest BCUT2D eigenvalue weighted by Crippen LogP contribution is 2.24. The van der Waals surface area contributed by atoms with E-state index in [1.807, 2.05) is 0 Å². The van der Waals surface area contributed by atoms with Crippen molar-refractivity contribution in [3.8, 4) is 0 Å². The van der Waals surface area contributed by atoms with Gasteiger partial charge in [-0.25, -0.2) is 4.39 Å². The summed E-state index contributed by atoms with van der Waals surface area (Å²) in [6, 6.07) is 3.87. The molecule has 0 fully saturated rings. The van der Waals surface area contributed by atoms with Gasteiger partial charge in [-0.05, 0) is 19.1 Å². The third-order valence-corrected chi connectivity index (χ3v) is 2.50. The van der Waals surface area contributed by atoms with Gasteiger partial charge in [0.1, 0.15) is 0 Å². The molecule has 0 saturated carbocycles. The number of aromatic nitrogens is 1. The van der Waals surface area contributed by atoms with Crippen LogP contribution in [0.3, 0.4) is 0 Å². The van der Waals surface area contributed by atoms with E-state index in [1.54, 1.807) is 6.92 Å². The maximum absolute atomic E-state index is 13.8. The van der Waals surface area contributed by atoms with E-state index in [2.05, 4.69) is 4.98 Å². The molecule has 0 bridgehead atoms. The van der Waals surface area contributed by atoms with Gasteiger partial charge in [-0.15, -0.1) is 0 Å². The van der Waals surface area contributed by atoms with Crippen LogP contribution in [0.1, 0.15) is 11.1 Å². The highest BCUT2D eigenvalue weighted by atomic mass is 19.1. The van der Waals surface area contributed by atoms with E-state index >= 15 is 0 Å². The minimum Gasteiger partial charge on any atom is -0.340 e. The van der Waals surface area contributed by atoms with Gasteiger partial charge < -0.3 is 20.3 Å². The number of H-pyrrole nitrogens is 1. The molecule has 0 radical (unpaired) electrons. The highest BCUT2D eigenvalue weighted by Gasteiger charge is 2.27. The quantitative estimate of drug-likeness (QED) is 0.529. The zero-order valence-corrected chi connectivity index (χ0v) is 8.86. The number of pyridine rings is 1. The van der Waals surface area contributed by atoms with Crippen molar-refractivity contribution < 1.29 is 19.7 Å². The van der Waals surface area contributed by atoms with Crippen LogP contribution in [0.4, 0.5) is 4.39 Å². The number of fused-ring (bicyclic) bond motifs is 1. The Kier molecular flexibility index (Phi) is 2.50. The third-order valence-electron chi connectivity index (χ3n) is 2.50. The summed E-state index contributed by atoms with van der Waals surface area (Å²) in [7, 11) is 0. The fourth-order valence-electron chi connectivity index (χ4n) is 1.61. The molecule has 0 spiro atoms. The summed E-state index contributed by atoms with van der Waals surface area (Å²) in [6.07, 6.45) is 0. The number of benzene rings is 1. The number of hydrogen-bond acceptors (Lipinski definition) is 4. The Labute approximate surface area is 94.8 Å². The van der Waals surface area contributed by atoms with E-state index in [9.17, 15) is 9.18 Å². The molecule has 0 saturated heterocycles. The van der Waals surface area contributed by atoms with Gasteiger partial charge in [-0.2, -0.15) is 0 Å². The van der Waals surface area contributed by atoms with Crippen molar-refractivity contribution in [2.24, 2.45) is 0 Å². The number of hydrogen-bond donors (Lipinski definition) is 4. The van der Waals surface area contributed by atoms with Crippen LogP contribution in [0.15, 0.2) is 23.0 Å². The first-order valence-corrected chi connectivity index (χ1v) is 4.80. The average molecular weight is 239 g/mol. The van der Waals surface area contributed by atoms with Crippen molar-refractivity contribution >= 4 is 10.9 Å². The van der Waals surface area contributed by atoms with Crippen molar-refractivity contribution in [1.82, 2.24) is 4.98 Å². The van der Waals surface area contributed by atoms with Crippen LogP contribution in [-0.4, -0.2) is 20.3 Å². The SMILES string of the molecule is Cc1cc2ccc(C(O)(O)O)c(F)c2[nH]c1=O. The predicted octanol–water partition coefficient (Wildman–Crippen LogP) is 0.0628. The first-order chi connectivity index (χ1) is 7.80. The highest BCUT2D eigenvalue weighted by molar-refractivity contribution is 5.80. The van der Waals surface area contributed by atoms with Gasteiger partial charge in [0, 0.05) is 10.9 Å². The Morgan fingerprint density at radius 1 is 1.29 bits per heavy atom. The standard InChI is InChI=1S/C11H10FNO4/c1-5-4-6-2-3-7(11(15,16)17)8(12)9(6)13-10(5)14/h2-4,15-17H,1H3,(H,13,14). The fraction of sp³-hybridized carbons (Fsp3) is 0.182. The van der Waals surface area contributed by atoms with Crippen LogP contribution in [0.2, 0.25) is 0 Å². The number of aromatic amines is 1. The molecule has 4 N–H and O–H groups in total. The first kappa shape index (κ1) is 11.7. The van der Waals surface area contributed by atoms with Crippen LogP contribution < -0.4 is 5.56 Å². The molecular formula is C11H10FNO4. The molecule has 1 aromatic heterocycles. The summed E-state index contributed by atoms with van der Waals surface area (Å²) < 4.78 is 13.8. The van der Waals surface area contributed by atoms with Crippen LogP contribution >= 0.6 is 0 Å². The summed E-state index contributed by atoms with van der Waals surface area (Å²) in [4.78, 5) is 13.6. The molecule has 0 aliphatic rings. The van der Waals surface area contributed by atoms with E-state index in [1.165, 1.54) is 12.1 Å². The summed E-state index contributed by atoms with van der Waals surface area (Å²) in [6.45, 7) is 1.57. The smallest absolute Gasteiger partial charge is 0.307 e. The molecule has 6 heteroatoms. The van der Waals surface area contributed by atoms with Crippen LogP contribution in [0.5, 0.6) is 0 Å². The van der Waals surface area contributed by atoms with E-state index in [0.717, 1.165) is 6.07 Å². The van der Waals surface area contributed by atoms with E-state index in [4.69, 9.17) is 15.3 Å². The number of nitrogens with one attached hydrogen (secondary N) is 1. The first-order valence-electron chi connectivity index (χ1n) is 4.80. The lowest BCUT2D eigenvalue weighted by atomic mass is 10.1. The molecule has 90 valence electrons. The summed E-state index contributed by atoms with van der Waals surface area (Å²) in [5, 5.41) is 27.2. The molecule has 0 unspecified atom stereocenters. The maximum atomic E-state index is 13.8. The minimum atomic E-state index is -3.28. The number of halogens is 1. The normalized spacial score (nSPS) is 12.1. The maximum Gasteiger partial charge on any atom is 0.307 e. The van der Waals surface area contributed by atoms with Gasteiger partial charge in [-0.3, -0.25) is 4.79 Å². The number of rotatable bonds is 1. The largest absolute Gasteiger partial charge is 0.340 e. The van der Waals surface area contributed by atoms with Crippen LogP contribution in [0, 0.1) is 12.7 Å². The second-order valence-electron chi connectivity index (χ2n) is 3.81. The van der Waals surface area contributed by atoms with E-state index in [0.29, 0.717) is 10.9 Å². The zero-order valence-electron chi connectivity index (χ0n) is 8.86. The van der Waals surface area contributed by atoms with Gasteiger partial charge in [0.15, 0.2) is 5.82 Å². The van der Waals surface area contributed by atoms with Crippen LogP contribution in [0.25, 0.3) is 10.9 Å². The summed E-state index contributed by atoms with van der Waals surface area (Å²) in [5.41, 5.74) is -0.968. The van der Waals surface area contributed by atoms with Crippen molar-refractivity contribution in [2.75, 3.05) is 0 Å². The molecule has 17 heavy (non-hydrogen) atoms.